The molecule has 1 saturated carbocycles. The van der Waals surface area contributed by atoms with E-state index in [0.29, 0.717) is 35.7 Å². The number of hydrazine groups is 1. The molecular weight excluding hydrogens is 334 g/mol. The Balaban J connectivity index is 0.000000758. The molecule has 1 aliphatic carbocycles. The van der Waals surface area contributed by atoms with Gasteiger partial charge in [0, 0.05) is 23.7 Å². The lowest BCUT2D eigenvalue weighted by atomic mass is 10.2. The number of nitrogen functional groups attached to an aromatic ring is 1. The van der Waals surface area contributed by atoms with Gasteiger partial charge in [0.05, 0.1) is 25.5 Å². The fourth-order valence-electron chi connectivity index (χ4n) is 2.46. The zero-order chi connectivity index (χ0) is 19.1. The van der Waals surface area contributed by atoms with Crippen molar-refractivity contribution in [1.82, 2.24) is 20.4 Å². The lowest BCUT2D eigenvalue weighted by molar-refractivity contribution is 0.283. The van der Waals surface area contributed by atoms with Crippen molar-refractivity contribution in [3.05, 3.63) is 41.6 Å². The maximum absolute atomic E-state index is 7.56. The van der Waals surface area contributed by atoms with Crippen molar-refractivity contribution < 1.29 is 9.47 Å². The second-order valence-electron chi connectivity index (χ2n) is 5.87. The Labute approximate surface area is 152 Å². The van der Waals surface area contributed by atoms with Crippen molar-refractivity contribution in [3.63, 3.8) is 0 Å². The number of nitrogens with zero attached hydrogens (tertiary/aromatic N) is 3. The van der Waals surface area contributed by atoms with E-state index < -0.39 is 0 Å². The van der Waals surface area contributed by atoms with Crippen LogP contribution in [0.2, 0.25) is 0 Å². The number of rotatable bonds is 6. The first-order valence-electron chi connectivity index (χ1n) is 8.18. The average Bonchev–Trinajstić information content (AvgIpc) is 3.40. The molecule has 2 aromatic rings. The fraction of sp³-hybridized carbons (Fsp3) is 0.412. The minimum absolute atomic E-state index is 0.0934. The molecule has 1 aliphatic rings. The highest BCUT2D eigenvalue weighted by atomic mass is 16.5. The molecule has 2 atom stereocenters. The molecule has 0 saturated heterocycles. The van der Waals surface area contributed by atoms with Crippen molar-refractivity contribution in [1.29, 1.82) is 5.41 Å². The Kier molecular flexibility index (Phi) is 6.81. The molecule has 26 heavy (non-hydrogen) atoms. The second kappa shape index (κ2) is 9.07. The fourth-order valence-corrected chi connectivity index (χ4v) is 2.46. The van der Waals surface area contributed by atoms with E-state index in [1.165, 1.54) is 6.20 Å². The Morgan fingerprint density at radius 2 is 2.08 bits per heavy atom. The van der Waals surface area contributed by atoms with Crippen LogP contribution in [0.25, 0.3) is 0 Å². The van der Waals surface area contributed by atoms with Gasteiger partial charge >= 0.3 is 0 Å². The Bertz CT molecular complexity index is 736. The molecule has 0 aromatic carbocycles. The molecular formula is C17H25N7O2. The summed E-state index contributed by atoms with van der Waals surface area (Å²) >= 11 is 0. The maximum atomic E-state index is 7.56. The number of aromatic nitrogens is 3. The Morgan fingerprint density at radius 1 is 1.35 bits per heavy atom. The number of nitrogens with two attached hydrogens (primary N) is 2. The summed E-state index contributed by atoms with van der Waals surface area (Å²) in [6.07, 6.45) is 4.28. The molecule has 0 amide bonds. The van der Waals surface area contributed by atoms with Gasteiger partial charge in [0.2, 0.25) is 5.88 Å². The van der Waals surface area contributed by atoms with Crippen molar-refractivity contribution in [2.45, 2.75) is 19.3 Å². The van der Waals surface area contributed by atoms with Crippen LogP contribution in [0.15, 0.2) is 24.5 Å². The van der Waals surface area contributed by atoms with Gasteiger partial charge in [0.1, 0.15) is 17.4 Å². The summed E-state index contributed by atoms with van der Waals surface area (Å²) in [5.74, 6) is 7.01. The highest BCUT2D eigenvalue weighted by Gasteiger charge is 2.40. The molecule has 0 bridgehead atoms. The second-order valence-corrected chi connectivity index (χ2v) is 5.87. The number of aryl methyl sites for hydroxylation is 1. The molecule has 0 spiro atoms. The van der Waals surface area contributed by atoms with Crippen LogP contribution in [-0.4, -0.2) is 41.6 Å². The predicted octanol–water partition coefficient (Wildman–Crippen LogP) is 0.735. The summed E-state index contributed by atoms with van der Waals surface area (Å²) in [6, 6.07) is 3.90. The molecule has 2 aromatic heterocycles. The number of pyridine rings is 1. The normalized spacial score (nSPS) is 17.7. The third kappa shape index (κ3) is 5.11. The Morgan fingerprint density at radius 3 is 2.65 bits per heavy atom. The van der Waals surface area contributed by atoms with E-state index in [9.17, 15) is 0 Å². The molecule has 140 valence electrons. The predicted molar refractivity (Wildman–Crippen MR) is 98.2 cm³/mol. The molecule has 0 unspecified atom stereocenters. The number of ether oxygens (including phenoxy) is 2. The summed E-state index contributed by atoms with van der Waals surface area (Å²) in [5, 5.41) is 7.56. The Hall–Kier alpha value is -2.78. The minimum Gasteiger partial charge on any atom is -0.495 e. The quantitative estimate of drug-likeness (QED) is 0.256. The van der Waals surface area contributed by atoms with E-state index >= 15 is 0 Å². The largest absolute Gasteiger partial charge is 0.495 e. The van der Waals surface area contributed by atoms with E-state index in [-0.39, 0.29) is 5.84 Å². The third-order valence-corrected chi connectivity index (χ3v) is 3.90. The standard InChI is InChI=1S/C16H19N5O2.CH6N2/c1-9-19-7-13(15(17)18)16(21-9)23-8-10-5-12(10)14-4-3-11(22-2)6-20-14;1-3-2/h3-4,6-7,10,12H,5,8H2,1-2H3,(H3,17,18);3H,2H2,1H3/t10-,12+;/m1./s1. The zero-order valence-corrected chi connectivity index (χ0v) is 15.2. The third-order valence-electron chi connectivity index (χ3n) is 3.90. The molecule has 9 nitrogen and oxygen atoms in total. The van der Waals surface area contributed by atoms with Crippen molar-refractivity contribution in [2.24, 2.45) is 17.5 Å². The first kappa shape index (κ1) is 19.5. The van der Waals surface area contributed by atoms with E-state index in [1.54, 1.807) is 27.3 Å². The molecule has 0 aliphatic heterocycles. The number of methoxy groups -OCH3 is 1. The number of amidine groups is 1. The van der Waals surface area contributed by atoms with Gasteiger partial charge in [-0.15, -0.1) is 0 Å². The number of hydrogen-bond acceptors (Lipinski definition) is 8. The monoisotopic (exact) mass is 359 g/mol. The van der Waals surface area contributed by atoms with Crippen LogP contribution in [0.4, 0.5) is 0 Å². The van der Waals surface area contributed by atoms with Crippen molar-refractivity contribution >= 4 is 5.84 Å². The lowest BCUT2D eigenvalue weighted by Gasteiger charge is -2.09. The van der Waals surface area contributed by atoms with Crippen LogP contribution in [-0.2, 0) is 0 Å². The van der Waals surface area contributed by atoms with Crippen LogP contribution >= 0.6 is 0 Å². The summed E-state index contributed by atoms with van der Waals surface area (Å²) in [5.41, 5.74) is 9.26. The SMILES string of the molecule is CNN.COc1ccc([C@H]2C[C@@H]2COc2nc(C)ncc2C(=N)N)nc1. The first-order chi connectivity index (χ1) is 12.5. The van der Waals surface area contributed by atoms with E-state index in [1.807, 2.05) is 12.1 Å². The van der Waals surface area contributed by atoms with Crippen LogP contribution < -0.4 is 26.5 Å². The average molecular weight is 359 g/mol. The molecule has 9 heteroatoms. The van der Waals surface area contributed by atoms with Gasteiger partial charge in [0.15, 0.2) is 0 Å². The van der Waals surface area contributed by atoms with Crippen LogP contribution in [0.1, 0.15) is 29.4 Å². The highest BCUT2D eigenvalue weighted by Crippen LogP contribution is 2.46. The highest BCUT2D eigenvalue weighted by molar-refractivity contribution is 5.96. The topological polar surface area (TPSA) is 145 Å². The van der Waals surface area contributed by atoms with Crippen LogP contribution in [0, 0.1) is 18.3 Å². The number of hydrogen-bond donors (Lipinski definition) is 4. The van der Waals surface area contributed by atoms with Gasteiger partial charge in [-0.25, -0.2) is 4.98 Å². The first-order valence-corrected chi connectivity index (χ1v) is 8.18. The minimum atomic E-state index is -0.0934. The van der Waals surface area contributed by atoms with Gasteiger partial charge in [-0.1, -0.05) is 0 Å². The maximum Gasteiger partial charge on any atom is 0.227 e. The van der Waals surface area contributed by atoms with E-state index in [2.05, 4.69) is 26.2 Å². The lowest BCUT2D eigenvalue weighted by Crippen LogP contribution is -2.16. The van der Waals surface area contributed by atoms with Crippen LogP contribution in [0.3, 0.4) is 0 Å². The molecule has 1 fully saturated rings. The number of nitrogens with one attached hydrogen (secondary N) is 2. The molecule has 3 rings (SSSR count). The summed E-state index contributed by atoms with van der Waals surface area (Å²) in [6.45, 7) is 2.30. The smallest absolute Gasteiger partial charge is 0.227 e. The van der Waals surface area contributed by atoms with Gasteiger partial charge in [-0.2, -0.15) is 4.98 Å². The molecule has 2 heterocycles. The molecule has 6 N–H and O–H groups in total. The van der Waals surface area contributed by atoms with Gasteiger partial charge in [0.25, 0.3) is 0 Å². The van der Waals surface area contributed by atoms with Crippen LogP contribution in [0.5, 0.6) is 11.6 Å². The summed E-state index contributed by atoms with van der Waals surface area (Å²) in [4.78, 5) is 12.7. The van der Waals surface area contributed by atoms with Crippen molar-refractivity contribution in [3.8, 4) is 11.6 Å². The zero-order valence-electron chi connectivity index (χ0n) is 15.2. The van der Waals surface area contributed by atoms with Gasteiger partial charge in [-0.3, -0.25) is 21.7 Å². The molecule has 0 radical (unpaired) electrons. The van der Waals surface area contributed by atoms with E-state index in [0.717, 1.165) is 17.9 Å². The summed E-state index contributed by atoms with van der Waals surface area (Å²) < 4.78 is 10.9. The van der Waals surface area contributed by atoms with E-state index in [4.69, 9.17) is 20.6 Å². The summed E-state index contributed by atoms with van der Waals surface area (Å²) in [7, 11) is 3.28. The van der Waals surface area contributed by atoms with Gasteiger partial charge in [-0.05, 0) is 32.5 Å². The van der Waals surface area contributed by atoms with Gasteiger partial charge < -0.3 is 15.2 Å². The van der Waals surface area contributed by atoms with Crippen molar-refractivity contribution in [2.75, 3.05) is 20.8 Å².